The number of hydrogen-bond donors (Lipinski definition) is 2. The molecule has 0 unspecified atom stereocenters. The number of unbranched alkanes of at least 4 members (excludes halogenated alkanes) is 3. The zero-order valence-electron chi connectivity index (χ0n) is 12.9. The Labute approximate surface area is 131 Å². The number of nitrogens with zero attached hydrogens (tertiary/aromatic N) is 2. The molecule has 1 aromatic heterocycles. The van der Waals surface area contributed by atoms with Gasteiger partial charge in [0.15, 0.2) is 5.82 Å². The molecule has 0 saturated carbocycles. The molecular formula is C17H22N4O. The summed E-state index contributed by atoms with van der Waals surface area (Å²) in [5, 5.41) is 2.86. The lowest BCUT2D eigenvalue weighted by Crippen LogP contribution is -2.26. The first-order valence-corrected chi connectivity index (χ1v) is 7.68. The summed E-state index contributed by atoms with van der Waals surface area (Å²) in [6.07, 6.45) is 5.95. The minimum Gasteiger partial charge on any atom is -0.383 e. The number of anilines is 1. The van der Waals surface area contributed by atoms with E-state index in [1.54, 1.807) is 0 Å². The van der Waals surface area contributed by atoms with E-state index in [-0.39, 0.29) is 11.7 Å². The molecule has 5 nitrogen and oxygen atoms in total. The van der Waals surface area contributed by atoms with Crippen LogP contribution >= 0.6 is 0 Å². The highest BCUT2D eigenvalue weighted by Gasteiger charge is 2.12. The van der Waals surface area contributed by atoms with Crippen LogP contribution in [0.15, 0.2) is 36.5 Å². The Kier molecular flexibility index (Phi) is 5.89. The molecule has 3 N–H and O–H groups in total. The number of hydrogen-bond acceptors (Lipinski definition) is 4. The summed E-state index contributed by atoms with van der Waals surface area (Å²) in [7, 11) is 0. The lowest BCUT2D eigenvalue weighted by Gasteiger charge is -2.08. The first-order chi connectivity index (χ1) is 10.7. The third-order valence-corrected chi connectivity index (χ3v) is 3.41. The van der Waals surface area contributed by atoms with E-state index in [9.17, 15) is 4.79 Å². The molecule has 0 bridgehead atoms. The standard InChI is InChI=1S/C17H22N4O/c1-2-3-4-8-11-19-17(22)14-12-20-16(21-15(14)18)13-9-6-5-7-10-13/h5-7,9-10,12H,2-4,8,11H2,1H3,(H,19,22)(H2,18,20,21). The quantitative estimate of drug-likeness (QED) is 0.770. The van der Waals surface area contributed by atoms with Crippen LogP contribution in [0.2, 0.25) is 0 Å². The number of benzene rings is 1. The Balaban J connectivity index is 1.99. The topological polar surface area (TPSA) is 80.9 Å². The summed E-state index contributed by atoms with van der Waals surface area (Å²) in [6, 6.07) is 9.55. The lowest BCUT2D eigenvalue weighted by molar-refractivity contribution is 0.0953. The van der Waals surface area contributed by atoms with Gasteiger partial charge in [0.25, 0.3) is 5.91 Å². The second-order valence-corrected chi connectivity index (χ2v) is 5.18. The van der Waals surface area contributed by atoms with Crippen molar-refractivity contribution in [3.8, 4) is 11.4 Å². The second-order valence-electron chi connectivity index (χ2n) is 5.18. The van der Waals surface area contributed by atoms with Crippen molar-refractivity contribution in [2.45, 2.75) is 32.6 Å². The zero-order chi connectivity index (χ0) is 15.8. The molecule has 0 aliphatic carbocycles. The monoisotopic (exact) mass is 298 g/mol. The smallest absolute Gasteiger partial charge is 0.256 e. The van der Waals surface area contributed by atoms with E-state index in [2.05, 4.69) is 22.2 Å². The van der Waals surface area contributed by atoms with E-state index in [0.717, 1.165) is 18.4 Å². The van der Waals surface area contributed by atoms with Crippen LogP contribution in [0.1, 0.15) is 43.0 Å². The number of rotatable bonds is 7. The molecule has 1 aromatic carbocycles. The molecule has 116 valence electrons. The molecule has 0 fully saturated rings. The molecule has 0 saturated heterocycles. The number of nitrogens with one attached hydrogen (secondary N) is 1. The van der Waals surface area contributed by atoms with E-state index < -0.39 is 0 Å². The van der Waals surface area contributed by atoms with Gasteiger partial charge >= 0.3 is 0 Å². The van der Waals surface area contributed by atoms with Gasteiger partial charge in [-0.15, -0.1) is 0 Å². The lowest BCUT2D eigenvalue weighted by atomic mass is 10.2. The van der Waals surface area contributed by atoms with Gasteiger partial charge in [-0.2, -0.15) is 0 Å². The maximum absolute atomic E-state index is 12.1. The van der Waals surface area contributed by atoms with Crippen molar-refractivity contribution >= 4 is 11.7 Å². The van der Waals surface area contributed by atoms with Gasteiger partial charge in [0.1, 0.15) is 5.82 Å². The van der Waals surface area contributed by atoms with Gasteiger partial charge in [-0.1, -0.05) is 56.5 Å². The van der Waals surface area contributed by atoms with Gasteiger partial charge in [0, 0.05) is 18.3 Å². The number of nitrogens with two attached hydrogens (primary N) is 1. The molecule has 22 heavy (non-hydrogen) atoms. The van der Waals surface area contributed by atoms with E-state index in [0.29, 0.717) is 17.9 Å². The summed E-state index contributed by atoms with van der Waals surface area (Å²) in [5.41, 5.74) is 7.10. The third-order valence-electron chi connectivity index (χ3n) is 3.41. The molecule has 0 aliphatic rings. The molecule has 2 aromatic rings. The Hall–Kier alpha value is -2.43. The summed E-state index contributed by atoms with van der Waals surface area (Å²) in [6.45, 7) is 2.81. The summed E-state index contributed by atoms with van der Waals surface area (Å²) in [5.74, 6) is 0.520. The van der Waals surface area contributed by atoms with Gasteiger partial charge in [0.2, 0.25) is 0 Å². The fourth-order valence-corrected chi connectivity index (χ4v) is 2.15. The van der Waals surface area contributed by atoms with E-state index >= 15 is 0 Å². The zero-order valence-corrected chi connectivity index (χ0v) is 12.9. The van der Waals surface area contributed by atoms with Gasteiger partial charge in [-0.05, 0) is 6.42 Å². The van der Waals surface area contributed by atoms with Crippen LogP contribution in [0.4, 0.5) is 5.82 Å². The third kappa shape index (κ3) is 4.28. The number of nitrogen functional groups attached to an aromatic ring is 1. The van der Waals surface area contributed by atoms with Crippen molar-refractivity contribution in [3.63, 3.8) is 0 Å². The van der Waals surface area contributed by atoms with Crippen LogP contribution in [-0.2, 0) is 0 Å². The SMILES string of the molecule is CCCCCCNC(=O)c1cnc(-c2ccccc2)nc1N. The minimum absolute atomic E-state index is 0.208. The summed E-state index contributed by atoms with van der Waals surface area (Å²) >= 11 is 0. The highest BCUT2D eigenvalue weighted by molar-refractivity contribution is 5.98. The Morgan fingerprint density at radius 1 is 1.18 bits per heavy atom. The van der Waals surface area contributed by atoms with Crippen LogP contribution in [0.5, 0.6) is 0 Å². The maximum atomic E-state index is 12.1. The predicted molar refractivity (Wildman–Crippen MR) is 88.4 cm³/mol. The number of amides is 1. The molecule has 1 heterocycles. The van der Waals surface area contributed by atoms with Crippen molar-refractivity contribution < 1.29 is 4.79 Å². The summed E-state index contributed by atoms with van der Waals surface area (Å²) < 4.78 is 0. The highest BCUT2D eigenvalue weighted by atomic mass is 16.1. The van der Waals surface area contributed by atoms with Crippen LogP contribution in [0.3, 0.4) is 0 Å². The molecular weight excluding hydrogens is 276 g/mol. The molecule has 0 aliphatic heterocycles. The molecule has 5 heteroatoms. The number of aromatic nitrogens is 2. The fourth-order valence-electron chi connectivity index (χ4n) is 2.15. The normalized spacial score (nSPS) is 10.4. The first-order valence-electron chi connectivity index (χ1n) is 7.68. The van der Waals surface area contributed by atoms with E-state index in [1.165, 1.54) is 19.0 Å². The van der Waals surface area contributed by atoms with Crippen molar-refractivity contribution in [3.05, 3.63) is 42.1 Å². The van der Waals surface area contributed by atoms with Gasteiger partial charge in [-0.25, -0.2) is 9.97 Å². The Morgan fingerprint density at radius 3 is 2.64 bits per heavy atom. The van der Waals surface area contributed by atoms with Crippen LogP contribution < -0.4 is 11.1 Å². The Morgan fingerprint density at radius 2 is 1.95 bits per heavy atom. The fraction of sp³-hybridized carbons (Fsp3) is 0.353. The molecule has 0 atom stereocenters. The molecule has 1 amide bonds. The van der Waals surface area contributed by atoms with Gasteiger partial charge in [-0.3, -0.25) is 4.79 Å². The maximum Gasteiger partial charge on any atom is 0.256 e. The van der Waals surface area contributed by atoms with Gasteiger partial charge in [0.05, 0.1) is 5.56 Å². The van der Waals surface area contributed by atoms with Crippen molar-refractivity contribution in [2.24, 2.45) is 0 Å². The van der Waals surface area contributed by atoms with Crippen molar-refractivity contribution in [2.75, 3.05) is 12.3 Å². The number of carbonyl (C=O) groups excluding carboxylic acids is 1. The largest absolute Gasteiger partial charge is 0.383 e. The van der Waals surface area contributed by atoms with Gasteiger partial charge < -0.3 is 11.1 Å². The van der Waals surface area contributed by atoms with Crippen LogP contribution in [0, 0.1) is 0 Å². The average Bonchev–Trinajstić information content (AvgIpc) is 2.55. The van der Waals surface area contributed by atoms with Crippen LogP contribution in [-0.4, -0.2) is 22.4 Å². The van der Waals surface area contributed by atoms with Crippen molar-refractivity contribution in [1.82, 2.24) is 15.3 Å². The van der Waals surface area contributed by atoms with Crippen molar-refractivity contribution in [1.29, 1.82) is 0 Å². The molecule has 0 spiro atoms. The molecule has 0 radical (unpaired) electrons. The Bertz CT molecular complexity index is 613. The number of carbonyl (C=O) groups is 1. The average molecular weight is 298 g/mol. The summed E-state index contributed by atoms with van der Waals surface area (Å²) in [4.78, 5) is 20.5. The van der Waals surface area contributed by atoms with E-state index in [4.69, 9.17) is 5.73 Å². The predicted octanol–water partition coefficient (Wildman–Crippen LogP) is 3.04. The first kappa shape index (κ1) is 15.9. The minimum atomic E-state index is -0.214. The second kappa shape index (κ2) is 8.12. The highest BCUT2D eigenvalue weighted by Crippen LogP contribution is 2.17. The molecule has 2 rings (SSSR count). The van der Waals surface area contributed by atoms with Crippen LogP contribution in [0.25, 0.3) is 11.4 Å². The van der Waals surface area contributed by atoms with E-state index in [1.807, 2.05) is 30.3 Å².